The summed E-state index contributed by atoms with van der Waals surface area (Å²) in [6, 6.07) is 12.9. The molecule has 5 nitrogen and oxygen atoms in total. The van der Waals surface area contributed by atoms with Crippen molar-refractivity contribution in [3.8, 4) is 17.1 Å². The van der Waals surface area contributed by atoms with Gasteiger partial charge in [-0.25, -0.2) is 23.1 Å². The number of nitrogens with zero attached hydrogens (tertiary/aromatic N) is 3. The minimum absolute atomic E-state index is 0.0737. The molecule has 8 heteroatoms. The van der Waals surface area contributed by atoms with Gasteiger partial charge in [0.05, 0.1) is 17.8 Å². The lowest BCUT2D eigenvalue weighted by molar-refractivity contribution is 0.330. The number of ether oxygens (including phenoxy) is 1. The fourth-order valence-corrected chi connectivity index (χ4v) is 2.92. The second-order valence-electron chi connectivity index (χ2n) is 6.45. The Kier molecular flexibility index (Phi) is 5.47. The Morgan fingerprint density at radius 1 is 0.867 bits per heavy atom. The number of aromatic nitrogens is 3. The molecule has 0 aliphatic rings. The van der Waals surface area contributed by atoms with E-state index in [-0.39, 0.29) is 29.8 Å². The van der Waals surface area contributed by atoms with E-state index in [4.69, 9.17) is 4.74 Å². The van der Waals surface area contributed by atoms with Crippen LogP contribution in [0.1, 0.15) is 12.5 Å². The van der Waals surface area contributed by atoms with Crippen molar-refractivity contribution in [1.29, 1.82) is 0 Å². The average molecular weight is 410 g/mol. The second kappa shape index (κ2) is 8.36. The topological polar surface area (TPSA) is 59.9 Å². The van der Waals surface area contributed by atoms with Gasteiger partial charge in [-0.15, -0.1) is 0 Å². The predicted molar refractivity (Wildman–Crippen MR) is 108 cm³/mol. The molecule has 0 bridgehead atoms. The zero-order chi connectivity index (χ0) is 21.1. The van der Waals surface area contributed by atoms with Gasteiger partial charge in [0.25, 0.3) is 0 Å². The number of fused-ring (bicyclic) bond motifs is 1. The smallest absolute Gasteiger partial charge is 0.245 e. The third-order valence-electron chi connectivity index (χ3n) is 4.38. The highest BCUT2D eigenvalue weighted by Gasteiger charge is 2.13. The fraction of sp³-hybridized carbons (Fsp3) is 0.136. The molecule has 0 amide bonds. The largest absolute Gasteiger partial charge is 0.476 e. The molecular weight excluding hydrogens is 393 g/mol. The molecule has 0 radical (unpaired) electrons. The van der Waals surface area contributed by atoms with Gasteiger partial charge in [-0.3, -0.25) is 0 Å². The maximum atomic E-state index is 13.9. The van der Waals surface area contributed by atoms with Crippen LogP contribution in [0, 0.1) is 17.5 Å². The van der Waals surface area contributed by atoms with Crippen molar-refractivity contribution in [3.05, 3.63) is 77.6 Å². The number of pyridine rings is 1. The van der Waals surface area contributed by atoms with Crippen LogP contribution >= 0.6 is 0 Å². The molecule has 0 aliphatic carbocycles. The van der Waals surface area contributed by atoms with Crippen molar-refractivity contribution in [2.24, 2.45) is 0 Å². The van der Waals surface area contributed by atoms with Crippen LogP contribution in [-0.4, -0.2) is 21.6 Å². The highest BCUT2D eigenvalue weighted by molar-refractivity contribution is 5.83. The van der Waals surface area contributed by atoms with Gasteiger partial charge in [-0.05, 0) is 49.4 Å². The van der Waals surface area contributed by atoms with E-state index in [1.54, 1.807) is 24.3 Å². The molecule has 0 saturated carbocycles. The van der Waals surface area contributed by atoms with Gasteiger partial charge in [0.15, 0.2) is 5.52 Å². The van der Waals surface area contributed by atoms with Crippen LogP contribution < -0.4 is 10.1 Å². The summed E-state index contributed by atoms with van der Waals surface area (Å²) in [5, 5.41) is 2.93. The standard InChI is InChI=1S/C22H17F3N4O/c1-2-30-21-20-19(10-9-18(27-20)13-3-6-15(23)7-4-13)28-22(29-21)26-12-14-5-8-16(24)11-17(14)25/h3-11H,2,12H2,1H3,(H,26,28,29). The Labute approximate surface area is 170 Å². The van der Waals surface area contributed by atoms with Crippen LogP contribution in [0.25, 0.3) is 22.3 Å². The van der Waals surface area contributed by atoms with Gasteiger partial charge in [-0.2, -0.15) is 4.98 Å². The SMILES string of the molecule is CCOc1nc(NCc2ccc(F)cc2F)nc2ccc(-c3ccc(F)cc3)nc12. The van der Waals surface area contributed by atoms with Crippen molar-refractivity contribution in [3.63, 3.8) is 0 Å². The van der Waals surface area contributed by atoms with Crippen molar-refractivity contribution in [2.45, 2.75) is 13.5 Å². The van der Waals surface area contributed by atoms with E-state index in [2.05, 4.69) is 20.3 Å². The lowest BCUT2D eigenvalue weighted by Crippen LogP contribution is -2.08. The molecule has 2 aromatic heterocycles. The monoisotopic (exact) mass is 410 g/mol. The normalized spacial score (nSPS) is 10.9. The maximum Gasteiger partial charge on any atom is 0.245 e. The molecule has 0 aliphatic heterocycles. The first kappa shape index (κ1) is 19.6. The highest BCUT2D eigenvalue weighted by atomic mass is 19.1. The number of benzene rings is 2. The van der Waals surface area contributed by atoms with Gasteiger partial charge in [0, 0.05) is 23.7 Å². The third kappa shape index (κ3) is 4.17. The van der Waals surface area contributed by atoms with Crippen LogP contribution in [0.4, 0.5) is 19.1 Å². The fourth-order valence-electron chi connectivity index (χ4n) is 2.92. The summed E-state index contributed by atoms with van der Waals surface area (Å²) in [6.07, 6.45) is 0. The van der Waals surface area contributed by atoms with Crippen molar-refractivity contribution >= 4 is 17.0 Å². The summed E-state index contributed by atoms with van der Waals surface area (Å²) in [6.45, 7) is 2.25. The van der Waals surface area contributed by atoms with E-state index in [0.717, 1.165) is 11.6 Å². The number of nitrogens with one attached hydrogen (secondary N) is 1. The van der Waals surface area contributed by atoms with Gasteiger partial charge < -0.3 is 10.1 Å². The molecule has 1 N–H and O–H groups in total. The number of hydrogen-bond donors (Lipinski definition) is 1. The molecule has 30 heavy (non-hydrogen) atoms. The maximum absolute atomic E-state index is 13.9. The first-order valence-corrected chi connectivity index (χ1v) is 9.29. The first-order valence-electron chi connectivity index (χ1n) is 9.29. The van der Waals surface area contributed by atoms with E-state index >= 15 is 0 Å². The Morgan fingerprint density at radius 2 is 1.63 bits per heavy atom. The van der Waals surface area contributed by atoms with Gasteiger partial charge in [0.2, 0.25) is 11.8 Å². The summed E-state index contributed by atoms with van der Waals surface area (Å²) in [7, 11) is 0. The zero-order valence-electron chi connectivity index (χ0n) is 16.0. The van der Waals surface area contributed by atoms with Crippen LogP contribution in [0.5, 0.6) is 5.88 Å². The van der Waals surface area contributed by atoms with Crippen LogP contribution in [0.2, 0.25) is 0 Å². The molecule has 2 aromatic carbocycles. The summed E-state index contributed by atoms with van der Waals surface area (Å²) in [4.78, 5) is 13.3. The van der Waals surface area contributed by atoms with Crippen molar-refractivity contribution in [2.75, 3.05) is 11.9 Å². The van der Waals surface area contributed by atoms with Gasteiger partial charge in [-0.1, -0.05) is 6.07 Å². The van der Waals surface area contributed by atoms with E-state index < -0.39 is 11.6 Å². The molecule has 0 spiro atoms. The second-order valence-corrected chi connectivity index (χ2v) is 6.45. The Morgan fingerprint density at radius 3 is 2.37 bits per heavy atom. The number of anilines is 1. The predicted octanol–water partition coefficient (Wildman–Crippen LogP) is 5.12. The van der Waals surface area contributed by atoms with Crippen molar-refractivity contribution in [1.82, 2.24) is 15.0 Å². The molecule has 0 fully saturated rings. The average Bonchev–Trinajstić information content (AvgIpc) is 2.74. The van der Waals surface area contributed by atoms with E-state index in [1.165, 1.54) is 24.3 Å². The van der Waals surface area contributed by atoms with Crippen molar-refractivity contribution < 1.29 is 17.9 Å². The molecule has 0 saturated heterocycles. The number of hydrogen-bond acceptors (Lipinski definition) is 5. The Hall–Kier alpha value is -3.68. The molecule has 0 atom stereocenters. The number of halogens is 3. The molecule has 4 rings (SSSR count). The minimum atomic E-state index is -0.654. The summed E-state index contributed by atoms with van der Waals surface area (Å²) in [5.41, 5.74) is 2.64. The van der Waals surface area contributed by atoms with Crippen LogP contribution in [-0.2, 0) is 6.54 Å². The van der Waals surface area contributed by atoms with E-state index in [9.17, 15) is 13.2 Å². The third-order valence-corrected chi connectivity index (χ3v) is 4.38. The Bertz CT molecular complexity index is 1200. The lowest BCUT2D eigenvalue weighted by Gasteiger charge is -2.11. The lowest BCUT2D eigenvalue weighted by atomic mass is 10.1. The summed E-state index contributed by atoms with van der Waals surface area (Å²) in [5.74, 6) is -1.12. The summed E-state index contributed by atoms with van der Waals surface area (Å²) < 4.78 is 45.7. The van der Waals surface area contributed by atoms with Crippen LogP contribution in [0.15, 0.2) is 54.6 Å². The Balaban J connectivity index is 1.67. The quantitative estimate of drug-likeness (QED) is 0.478. The van der Waals surface area contributed by atoms with Gasteiger partial charge >= 0.3 is 0 Å². The molecular formula is C22H17F3N4O. The molecule has 152 valence electrons. The van der Waals surface area contributed by atoms with Gasteiger partial charge in [0.1, 0.15) is 17.5 Å². The highest BCUT2D eigenvalue weighted by Crippen LogP contribution is 2.27. The zero-order valence-corrected chi connectivity index (χ0v) is 16.0. The molecule has 0 unspecified atom stereocenters. The van der Waals surface area contributed by atoms with Crippen LogP contribution in [0.3, 0.4) is 0 Å². The first-order chi connectivity index (χ1) is 14.5. The molecule has 2 heterocycles. The van der Waals surface area contributed by atoms with E-state index in [0.29, 0.717) is 23.3 Å². The van der Waals surface area contributed by atoms with E-state index in [1.807, 2.05) is 6.92 Å². The molecule has 4 aromatic rings. The number of rotatable bonds is 6. The minimum Gasteiger partial charge on any atom is -0.476 e. The summed E-state index contributed by atoms with van der Waals surface area (Å²) >= 11 is 0.